The van der Waals surface area contributed by atoms with Crippen molar-refractivity contribution in [3.63, 3.8) is 0 Å². The van der Waals surface area contributed by atoms with E-state index in [1.165, 1.54) is 12.1 Å². The second-order valence-corrected chi connectivity index (χ2v) is 10.2. The van der Waals surface area contributed by atoms with Crippen molar-refractivity contribution in [2.45, 2.75) is 51.3 Å². The Morgan fingerprint density at radius 2 is 1.62 bits per heavy atom. The molecule has 3 aromatic carbocycles. The number of nitrogens with zero attached hydrogens (tertiary/aromatic N) is 1. The fourth-order valence-corrected chi connectivity index (χ4v) is 5.08. The summed E-state index contributed by atoms with van der Waals surface area (Å²) in [5.41, 5.74) is 2.67. The van der Waals surface area contributed by atoms with E-state index < -0.39 is 16.1 Å². The van der Waals surface area contributed by atoms with Gasteiger partial charge in [0, 0.05) is 40.1 Å². The number of ether oxygens (including phenoxy) is 1. The summed E-state index contributed by atoms with van der Waals surface area (Å²) in [6, 6.07) is 19.7. The zero-order chi connectivity index (χ0) is 24.5. The predicted octanol–water partition coefficient (Wildman–Crippen LogP) is 4.91. The maximum atomic E-state index is 13.0. The Bertz CT molecular complexity index is 1440. The van der Waals surface area contributed by atoms with Crippen molar-refractivity contribution in [2.24, 2.45) is 0 Å². The van der Waals surface area contributed by atoms with Crippen LogP contribution < -0.4 is 14.8 Å². The average molecular weight is 480 g/mol. The largest absolute Gasteiger partial charge is 0.481 e. The van der Waals surface area contributed by atoms with Crippen molar-refractivity contribution in [3.05, 3.63) is 66.7 Å². The van der Waals surface area contributed by atoms with E-state index in [1.54, 1.807) is 25.1 Å². The van der Waals surface area contributed by atoms with E-state index in [0.29, 0.717) is 11.4 Å². The van der Waals surface area contributed by atoms with Crippen molar-refractivity contribution in [1.29, 1.82) is 0 Å². The highest BCUT2D eigenvalue weighted by molar-refractivity contribution is 7.92. The van der Waals surface area contributed by atoms with E-state index in [9.17, 15) is 13.2 Å². The van der Waals surface area contributed by atoms with E-state index in [-0.39, 0.29) is 16.8 Å². The molecule has 8 heteroatoms. The lowest BCUT2D eigenvalue weighted by molar-refractivity contribution is -0.127. The van der Waals surface area contributed by atoms with Crippen molar-refractivity contribution >= 4 is 43.4 Å². The average Bonchev–Trinajstić information content (AvgIpc) is 3.11. The molecule has 1 atom stereocenters. The summed E-state index contributed by atoms with van der Waals surface area (Å²) in [7, 11) is -3.80. The third-order valence-corrected chi connectivity index (χ3v) is 6.99. The SMILES string of the molecule is CCn1c2ccccc2c2cc(NS(=O)(=O)c3ccc(O[C@H](C)C(=O)NC(C)C)cc3)ccc21. The molecule has 0 fully saturated rings. The maximum Gasteiger partial charge on any atom is 0.261 e. The number of nitrogens with one attached hydrogen (secondary N) is 2. The number of carbonyl (C=O) groups excluding carboxylic acids is 1. The van der Waals surface area contributed by atoms with Crippen LogP contribution in [0, 0.1) is 0 Å². The standard InChI is InChI=1S/C26H29N3O4S/c1-5-29-24-9-7-6-8-22(24)23-16-19(10-15-25(23)29)28-34(31,32)21-13-11-20(12-14-21)33-18(4)26(30)27-17(2)3/h6-18,28H,5H2,1-4H3,(H,27,30)/t18-/m1/s1. The molecule has 0 bridgehead atoms. The topological polar surface area (TPSA) is 89.4 Å². The van der Waals surface area contributed by atoms with Crippen LogP contribution in [-0.4, -0.2) is 31.0 Å². The minimum Gasteiger partial charge on any atom is -0.481 e. The third-order valence-electron chi connectivity index (χ3n) is 5.59. The highest BCUT2D eigenvalue weighted by Crippen LogP contribution is 2.31. The van der Waals surface area contributed by atoms with Crippen molar-refractivity contribution in [3.8, 4) is 5.75 Å². The number of para-hydroxylation sites is 1. The normalized spacial score (nSPS) is 12.7. The van der Waals surface area contributed by atoms with Crippen LogP contribution >= 0.6 is 0 Å². The quantitative estimate of drug-likeness (QED) is 0.376. The maximum absolute atomic E-state index is 13.0. The molecule has 2 N–H and O–H groups in total. The number of anilines is 1. The number of aryl methyl sites for hydroxylation is 1. The first-order valence-corrected chi connectivity index (χ1v) is 12.8. The van der Waals surface area contributed by atoms with E-state index in [0.717, 1.165) is 28.4 Å². The second kappa shape index (κ2) is 9.38. The van der Waals surface area contributed by atoms with Crippen LogP contribution in [0.25, 0.3) is 21.8 Å². The number of fused-ring (bicyclic) bond motifs is 3. The molecule has 0 radical (unpaired) electrons. The van der Waals surface area contributed by atoms with Crippen LogP contribution in [0.3, 0.4) is 0 Å². The molecule has 1 aromatic heterocycles. The molecular formula is C26H29N3O4S. The van der Waals surface area contributed by atoms with Gasteiger partial charge in [0.1, 0.15) is 5.75 Å². The van der Waals surface area contributed by atoms with Crippen LogP contribution in [-0.2, 0) is 21.4 Å². The zero-order valence-corrected chi connectivity index (χ0v) is 20.5. The second-order valence-electron chi connectivity index (χ2n) is 8.49. The van der Waals surface area contributed by atoms with Gasteiger partial charge in [-0.15, -0.1) is 0 Å². The number of aromatic nitrogens is 1. The van der Waals surface area contributed by atoms with E-state index in [2.05, 4.69) is 27.6 Å². The van der Waals surface area contributed by atoms with Crippen LogP contribution in [0.1, 0.15) is 27.7 Å². The highest BCUT2D eigenvalue weighted by Gasteiger charge is 2.18. The van der Waals surface area contributed by atoms with E-state index in [4.69, 9.17) is 4.74 Å². The molecule has 7 nitrogen and oxygen atoms in total. The van der Waals surface area contributed by atoms with Gasteiger partial charge in [0.05, 0.1) is 4.90 Å². The summed E-state index contributed by atoms with van der Waals surface area (Å²) < 4.78 is 36.5. The van der Waals surface area contributed by atoms with Crippen LogP contribution in [0.4, 0.5) is 5.69 Å². The summed E-state index contributed by atoms with van der Waals surface area (Å²) in [5.74, 6) is 0.187. The first-order chi connectivity index (χ1) is 16.2. The van der Waals surface area contributed by atoms with Gasteiger partial charge in [-0.05, 0) is 76.2 Å². The molecule has 0 aliphatic carbocycles. The van der Waals surface area contributed by atoms with Crippen molar-refractivity contribution < 1.29 is 17.9 Å². The summed E-state index contributed by atoms with van der Waals surface area (Å²) >= 11 is 0. The fourth-order valence-electron chi connectivity index (χ4n) is 4.03. The first-order valence-electron chi connectivity index (χ1n) is 11.3. The summed E-state index contributed by atoms with van der Waals surface area (Å²) in [4.78, 5) is 12.1. The van der Waals surface area contributed by atoms with Gasteiger partial charge in [-0.25, -0.2) is 8.42 Å². The van der Waals surface area contributed by atoms with E-state index in [1.807, 2.05) is 44.2 Å². The Kier molecular flexibility index (Phi) is 6.52. The molecule has 4 aromatic rings. The molecule has 178 valence electrons. The molecule has 0 aliphatic rings. The lowest BCUT2D eigenvalue weighted by atomic mass is 10.1. The molecule has 0 saturated carbocycles. The summed E-state index contributed by atoms with van der Waals surface area (Å²) in [5, 5.41) is 4.86. The molecule has 0 aliphatic heterocycles. The number of rotatable bonds is 8. The monoisotopic (exact) mass is 479 g/mol. The molecular weight excluding hydrogens is 450 g/mol. The lowest BCUT2D eigenvalue weighted by Gasteiger charge is -2.16. The molecule has 0 saturated heterocycles. The van der Waals surface area contributed by atoms with Gasteiger partial charge in [-0.2, -0.15) is 0 Å². The molecule has 0 spiro atoms. The Labute approximate surface area is 199 Å². The van der Waals surface area contributed by atoms with Crippen molar-refractivity contribution in [1.82, 2.24) is 9.88 Å². The minimum atomic E-state index is -3.80. The minimum absolute atomic E-state index is 0.00915. The Morgan fingerprint density at radius 3 is 2.29 bits per heavy atom. The molecule has 34 heavy (non-hydrogen) atoms. The van der Waals surface area contributed by atoms with Gasteiger partial charge in [-0.1, -0.05) is 18.2 Å². The van der Waals surface area contributed by atoms with Crippen LogP contribution in [0.2, 0.25) is 0 Å². The van der Waals surface area contributed by atoms with Gasteiger partial charge >= 0.3 is 0 Å². The first kappa shape index (κ1) is 23.6. The summed E-state index contributed by atoms with van der Waals surface area (Å²) in [6.45, 7) is 8.30. The molecule has 1 amide bonds. The fraction of sp³-hybridized carbons (Fsp3) is 0.269. The van der Waals surface area contributed by atoms with Gasteiger partial charge in [0.15, 0.2) is 6.10 Å². The number of amides is 1. The Hall–Kier alpha value is -3.52. The third kappa shape index (κ3) is 4.72. The van der Waals surface area contributed by atoms with E-state index >= 15 is 0 Å². The van der Waals surface area contributed by atoms with Gasteiger partial charge in [0.25, 0.3) is 15.9 Å². The van der Waals surface area contributed by atoms with Gasteiger partial charge in [-0.3, -0.25) is 9.52 Å². The smallest absolute Gasteiger partial charge is 0.261 e. The van der Waals surface area contributed by atoms with Crippen molar-refractivity contribution in [2.75, 3.05) is 4.72 Å². The van der Waals surface area contributed by atoms with Crippen LogP contribution in [0.15, 0.2) is 71.6 Å². The molecule has 0 unspecified atom stereocenters. The zero-order valence-electron chi connectivity index (χ0n) is 19.7. The molecule has 4 rings (SSSR count). The predicted molar refractivity (Wildman–Crippen MR) is 136 cm³/mol. The Balaban J connectivity index is 1.55. The molecule has 1 heterocycles. The van der Waals surface area contributed by atoms with Crippen LogP contribution in [0.5, 0.6) is 5.75 Å². The number of sulfonamides is 1. The van der Waals surface area contributed by atoms with Gasteiger partial charge < -0.3 is 14.6 Å². The number of carbonyl (C=O) groups is 1. The summed E-state index contributed by atoms with van der Waals surface area (Å²) in [6.07, 6.45) is -0.694. The number of hydrogen-bond donors (Lipinski definition) is 2. The highest BCUT2D eigenvalue weighted by atomic mass is 32.2. The number of benzene rings is 3. The van der Waals surface area contributed by atoms with Gasteiger partial charge in [0.2, 0.25) is 0 Å². The lowest BCUT2D eigenvalue weighted by Crippen LogP contribution is -2.40. The number of hydrogen-bond acceptors (Lipinski definition) is 4. The Morgan fingerprint density at radius 1 is 0.941 bits per heavy atom.